The van der Waals surface area contributed by atoms with Crippen molar-refractivity contribution in [2.75, 3.05) is 6.61 Å². The van der Waals surface area contributed by atoms with E-state index in [1.807, 2.05) is 31.2 Å². The zero-order valence-corrected chi connectivity index (χ0v) is 10.9. The smallest absolute Gasteiger partial charge is 0.328 e. The second-order valence-electron chi connectivity index (χ2n) is 4.48. The van der Waals surface area contributed by atoms with Gasteiger partial charge in [0.05, 0.1) is 6.61 Å². The SMILES string of the molecule is Cc1ccc(CCCC(=O)NC(CO)C(=O)O)cc1. The molecular weight excluding hydrogens is 246 g/mol. The Morgan fingerprint density at radius 1 is 1.26 bits per heavy atom. The Hall–Kier alpha value is -1.88. The molecule has 19 heavy (non-hydrogen) atoms. The first-order valence-corrected chi connectivity index (χ1v) is 6.21. The molecule has 1 atom stereocenters. The normalized spacial score (nSPS) is 11.9. The highest BCUT2D eigenvalue weighted by molar-refractivity contribution is 5.83. The number of carboxylic acid groups (broad SMARTS) is 1. The Kier molecular flexibility index (Phi) is 6.02. The van der Waals surface area contributed by atoms with E-state index < -0.39 is 18.6 Å². The Balaban J connectivity index is 2.30. The topological polar surface area (TPSA) is 86.6 Å². The van der Waals surface area contributed by atoms with Crippen LogP contribution < -0.4 is 5.32 Å². The molecule has 0 aliphatic carbocycles. The number of aryl methyl sites for hydroxylation is 2. The maximum atomic E-state index is 11.5. The van der Waals surface area contributed by atoms with Crippen molar-refractivity contribution < 1.29 is 19.8 Å². The maximum Gasteiger partial charge on any atom is 0.328 e. The van der Waals surface area contributed by atoms with Gasteiger partial charge >= 0.3 is 5.97 Å². The van der Waals surface area contributed by atoms with Gasteiger partial charge in [-0.25, -0.2) is 4.79 Å². The number of hydrogen-bond donors (Lipinski definition) is 3. The largest absolute Gasteiger partial charge is 0.480 e. The van der Waals surface area contributed by atoms with E-state index in [1.54, 1.807) is 0 Å². The van der Waals surface area contributed by atoms with E-state index in [-0.39, 0.29) is 12.3 Å². The first kappa shape index (κ1) is 15.2. The predicted octanol–water partition coefficient (Wildman–Crippen LogP) is 0.879. The van der Waals surface area contributed by atoms with E-state index in [2.05, 4.69) is 5.32 Å². The summed E-state index contributed by atoms with van der Waals surface area (Å²) in [4.78, 5) is 22.1. The van der Waals surface area contributed by atoms with Crippen molar-refractivity contribution in [3.05, 3.63) is 35.4 Å². The third-order valence-corrected chi connectivity index (χ3v) is 2.81. The van der Waals surface area contributed by atoms with Crippen molar-refractivity contribution in [1.82, 2.24) is 5.32 Å². The second-order valence-corrected chi connectivity index (χ2v) is 4.48. The summed E-state index contributed by atoms with van der Waals surface area (Å²) >= 11 is 0. The van der Waals surface area contributed by atoms with Gasteiger partial charge in [0.25, 0.3) is 0 Å². The number of amides is 1. The maximum absolute atomic E-state index is 11.5. The number of aliphatic carboxylic acids is 1. The highest BCUT2D eigenvalue weighted by Gasteiger charge is 2.17. The number of carbonyl (C=O) groups is 2. The minimum absolute atomic E-state index is 0.248. The molecule has 1 amide bonds. The molecule has 1 aromatic carbocycles. The molecule has 0 fully saturated rings. The van der Waals surface area contributed by atoms with E-state index in [9.17, 15) is 9.59 Å². The summed E-state index contributed by atoms with van der Waals surface area (Å²) in [6.07, 6.45) is 1.66. The van der Waals surface area contributed by atoms with E-state index in [1.165, 1.54) is 5.56 Å². The third kappa shape index (κ3) is 5.52. The fraction of sp³-hybridized carbons (Fsp3) is 0.429. The summed E-state index contributed by atoms with van der Waals surface area (Å²) in [6, 6.07) is 6.84. The standard InChI is InChI=1S/C14H19NO4/c1-10-5-7-11(8-6-10)3-2-4-13(17)15-12(9-16)14(18)19/h5-8,12,16H,2-4,9H2,1H3,(H,15,17)(H,18,19). The van der Waals surface area contributed by atoms with Gasteiger partial charge in [-0.3, -0.25) is 4.79 Å². The molecule has 0 saturated heterocycles. The van der Waals surface area contributed by atoms with E-state index >= 15 is 0 Å². The number of aliphatic hydroxyl groups is 1. The van der Waals surface area contributed by atoms with Crippen molar-refractivity contribution in [2.24, 2.45) is 0 Å². The van der Waals surface area contributed by atoms with Gasteiger partial charge in [0, 0.05) is 6.42 Å². The van der Waals surface area contributed by atoms with Crippen molar-refractivity contribution in [3.8, 4) is 0 Å². The number of hydrogen-bond acceptors (Lipinski definition) is 3. The number of nitrogens with one attached hydrogen (secondary N) is 1. The van der Waals surface area contributed by atoms with Gasteiger partial charge < -0.3 is 15.5 Å². The lowest BCUT2D eigenvalue weighted by molar-refractivity contribution is -0.142. The Labute approximate surface area is 112 Å². The number of carbonyl (C=O) groups excluding carboxylic acids is 1. The molecule has 0 saturated carbocycles. The van der Waals surface area contributed by atoms with Gasteiger partial charge in [-0.15, -0.1) is 0 Å². The quantitative estimate of drug-likeness (QED) is 0.683. The van der Waals surface area contributed by atoms with Crippen molar-refractivity contribution >= 4 is 11.9 Å². The molecule has 0 aliphatic heterocycles. The van der Waals surface area contributed by atoms with Gasteiger partial charge in [0.2, 0.25) is 5.91 Å². The summed E-state index contributed by atoms with van der Waals surface area (Å²) in [7, 11) is 0. The highest BCUT2D eigenvalue weighted by Crippen LogP contribution is 2.07. The van der Waals surface area contributed by atoms with Gasteiger partial charge in [0.1, 0.15) is 6.04 Å². The fourth-order valence-corrected chi connectivity index (χ4v) is 1.66. The molecule has 3 N–H and O–H groups in total. The van der Waals surface area contributed by atoms with Gasteiger partial charge in [0.15, 0.2) is 0 Å². The van der Waals surface area contributed by atoms with Gasteiger partial charge in [-0.05, 0) is 25.3 Å². The fourth-order valence-electron chi connectivity index (χ4n) is 1.66. The number of benzene rings is 1. The van der Waals surface area contributed by atoms with Gasteiger partial charge in [-0.2, -0.15) is 0 Å². The summed E-state index contributed by atoms with van der Waals surface area (Å²) in [5.41, 5.74) is 2.34. The Bertz CT molecular complexity index is 428. The molecule has 0 spiro atoms. The van der Waals surface area contributed by atoms with Crippen molar-refractivity contribution in [2.45, 2.75) is 32.2 Å². The zero-order chi connectivity index (χ0) is 14.3. The second kappa shape index (κ2) is 7.53. The lowest BCUT2D eigenvalue weighted by Gasteiger charge is -2.11. The highest BCUT2D eigenvalue weighted by atomic mass is 16.4. The molecule has 0 radical (unpaired) electrons. The molecule has 0 aromatic heterocycles. The summed E-state index contributed by atoms with van der Waals surface area (Å²) in [5, 5.41) is 19.7. The minimum atomic E-state index is -1.23. The molecular formula is C14H19NO4. The Morgan fingerprint density at radius 2 is 1.89 bits per heavy atom. The number of carboxylic acids is 1. The van der Waals surface area contributed by atoms with Crippen molar-refractivity contribution in [1.29, 1.82) is 0 Å². The predicted molar refractivity (Wildman–Crippen MR) is 70.8 cm³/mol. The van der Waals surface area contributed by atoms with Crippen LogP contribution in [0.4, 0.5) is 0 Å². The van der Waals surface area contributed by atoms with Crippen LogP contribution in [-0.4, -0.2) is 34.7 Å². The monoisotopic (exact) mass is 265 g/mol. The summed E-state index contributed by atoms with van der Waals surface area (Å²) < 4.78 is 0. The number of aliphatic hydroxyl groups excluding tert-OH is 1. The summed E-state index contributed by atoms with van der Waals surface area (Å²) in [5.74, 6) is -1.58. The zero-order valence-electron chi connectivity index (χ0n) is 10.9. The molecule has 0 bridgehead atoms. The van der Waals surface area contributed by atoms with Crippen LogP contribution in [0.1, 0.15) is 24.0 Å². The molecule has 1 unspecified atom stereocenters. The lowest BCUT2D eigenvalue weighted by Crippen LogP contribution is -2.43. The molecule has 5 nitrogen and oxygen atoms in total. The molecule has 1 aromatic rings. The summed E-state index contributed by atoms with van der Waals surface area (Å²) in [6.45, 7) is 1.41. The first-order chi connectivity index (χ1) is 9.02. The average molecular weight is 265 g/mol. The van der Waals surface area contributed by atoms with Crippen LogP contribution in [0.3, 0.4) is 0 Å². The van der Waals surface area contributed by atoms with Crippen LogP contribution in [0.25, 0.3) is 0 Å². The van der Waals surface area contributed by atoms with E-state index in [4.69, 9.17) is 10.2 Å². The van der Waals surface area contributed by atoms with Crippen molar-refractivity contribution in [3.63, 3.8) is 0 Å². The molecule has 0 heterocycles. The van der Waals surface area contributed by atoms with Crippen LogP contribution in [0.15, 0.2) is 24.3 Å². The molecule has 1 rings (SSSR count). The molecule has 5 heteroatoms. The van der Waals surface area contributed by atoms with E-state index in [0.29, 0.717) is 6.42 Å². The van der Waals surface area contributed by atoms with E-state index in [0.717, 1.165) is 12.0 Å². The van der Waals surface area contributed by atoms with Crippen LogP contribution in [0.2, 0.25) is 0 Å². The lowest BCUT2D eigenvalue weighted by atomic mass is 10.1. The Morgan fingerprint density at radius 3 is 2.42 bits per heavy atom. The van der Waals surface area contributed by atoms with Gasteiger partial charge in [-0.1, -0.05) is 29.8 Å². The third-order valence-electron chi connectivity index (χ3n) is 2.81. The van der Waals surface area contributed by atoms with Crippen LogP contribution in [-0.2, 0) is 16.0 Å². The average Bonchev–Trinajstić information content (AvgIpc) is 2.38. The number of rotatable bonds is 7. The van der Waals surface area contributed by atoms with Crippen LogP contribution >= 0.6 is 0 Å². The van der Waals surface area contributed by atoms with Crippen LogP contribution in [0, 0.1) is 6.92 Å². The first-order valence-electron chi connectivity index (χ1n) is 6.21. The molecule has 0 aliphatic rings. The molecule has 104 valence electrons. The minimum Gasteiger partial charge on any atom is -0.480 e. The van der Waals surface area contributed by atoms with Crippen LogP contribution in [0.5, 0.6) is 0 Å².